The van der Waals surface area contributed by atoms with E-state index in [0.29, 0.717) is 6.54 Å². The molecule has 0 saturated heterocycles. The fraction of sp³-hybridized carbons (Fsp3) is 0.455. The van der Waals surface area contributed by atoms with Crippen molar-refractivity contribution in [2.75, 3.05) is 25.0 Å². The smallest absolute Gasteiger partial charge is 0.239 e. The lowest BCUT2D eigenvalue weighted by molar-refractivity contribution is -0.119. The van der Waals surface area contributed by atoms with Crippen molar-refractivity contribution in [2.45, 2.75) is 13.3 Å². The molecule has 0 bridgehead atoms. The van der Waals surface area contributed by atoms with E-state index in [1.165, 1.54) is 0 Å². The highest BCUT2D eigenvalue weighted by Crippen LogP contribution is 2.21. The van der Waals surface area contributed by atoms with Gasteiger partial charge in [0.25, 0.3) is 0 Å². The maximum absolute atomic E-state index is 11.5. The van der Waals surface area contributed by atoms with E-state index < -0.39 is 0 Å². The molecule has 88 valence electrons. The van der Waals surface area contributed by atoms with Gasteiger partial charge < -0.3 is 10.2 Å². The molecule has 0 aliphatic heterocycles. The summed E-state index contributed by atoms with van der Waals surface area (Å²) >= 11 is 3.40. The molecule has 0 spiro atoms. The number of rotatable bonds is 5. The van der Waals surface area contributed by atoms with Crippen molar-refractivity contribution in [3.05, 3.63) is 22.8 Å². The fourth-order valence-corrected chi connectivity index (χ4v) is 1.83. The lowest BCUT2D eigenvalue weighted by Crippen LogP contribution is -2.35. The Morgan fingerprint density at radius 2 is 2.38 bits per heavy atom. The number of halogens is 1. The van der Waals surface area contributed by atoms with Crippen LogP contribution < -0.4 is 10.2 Å². The van der Waals surface area contributed by atoms with E-state index in [4.69, 9.17) is 0 Å². The van der Waals surface area contributed by atoms with Crippen LogP contribution >= 0.6 is 15.9 Å². The molecular weight excluding hydrogens is 270 g/mol. The molecule has 1 aromatic heterocycles. The molecule has 5 heteroatoms. The predicted molar refractivity (Wildman–Crippen MR) is 68.5 cm³/mol. The zero-order valence-electron chi connectivity index (χ0n) is 9.53. The standard InChI is InChI=1S/C11H16BrN3O/c1-3-6-13-10(16)8-15(2)11-9(12)5-4-7-14-11/h4-5,7H,3,6,8H2,1-2H3,(H,13,16). The molecule has 4 nitrogen and oxygen atoms in total. The Hall–Kier alpha value is -1.10. The molecule has 1 aromatic rings. The lowest BCUT2D eigenvalue weighted by atomic mass is 10.4. The monoisotopic (exact) mass is 285 g/mol. The van der Waals surface area contributed by atoms with Gasteiger partial charge in [0.1, 0.15) is 5.82 Å². The first kappa shape index (κ1) is 13.0. The van der Waals surface area contributed by atoms with Crippen molar-refractivity contribution in [2.24, 2.45) is 0 Å². The van der Waals surface area contributed by atoms with Crippen LogP contribution in [0, 0.1) is 0 Å². The molecule has 1 N–H and O–H groups in total. The van der Waals surface area contributed by atoms with Gasteiger partial charge in [-0.2, -0.15) is 0 Å². The van der Waals surface area contributed by atoms with E-state index >= 15 is 0 Å². The third kappa shape index (κ3) is 3.81. The molecule has 0 atom stereocenters. The van der Waals surface area contributed by atoms with Gasteiger partial charge in [0.05, 0.1) is 11.0 Å². The Kier molecular flexibility index (Phi) is 5.25. The molecule has 0 aromatic carbocycles. The van der Waals surface area contributed by atoms with E-state index in [9.17, 15) is 4.79 Å². The van der Waals surface area contributed by atoms with Crippen LogP contribution in [0.4, 0.5) is 5.82 Å². The summed E-state index contributed by atoms with van der Waals surface area (Å²) in [5, 5.41) is 2.83. The van der Waals surface area contributed by atoms with Gasteiger partial charge in [0.15, 0.2) is 0 Å². The zero-order chi connectivity index (χ0) is 12.0. The number of likely N-dealkylation sites (N-methyl/N-ethyl adjacent to an activating group) is 1. The van der Waals surface area contributed by atoms with Crippen molar-refractivity contribution in [1.82, 2.24) is 10.3 Å². The van der Waals surface area contributed by atoms with E-state index in [1.807, 2.05) is 31.0 Å². The van der Waals surface area contributed by atoms with Gasteiger partial charge in [0, 0.05) is 19.8 Å². The molecule has 1 rings (SSSR count). The highest BCUT2D eigenvalue weighted by atomic mass is 79.9. The van der Waals surface area contributed by atoms with Gasteiger partial charge in [0.2, 0.25) is 5.91 Å². The molecule has 0 unspecified atom stereocenters. The molecule has 0 saturated carbocycles. The number of aromatic nitrogens is 1. The number of nitrogens with zero attached hydrogens (tertiary/aromatic N) is 2. The van der Waals surface area contributed by atoms with Crippen LogP contribution in [0.25, 0.3) is 0 Å². The summed E-state index contributed by atoms with van der Waals surface area (Å²) in [5.41, 5.74) is 0. The minimum absolute atomic E-state index is 0.0157. The van der Waals surface area contributed by atoms with Crippen LogP contribution in [0.5, 0.6) is 0 Å². The average molecular weight is 286 g/mol. The molecule has 0 radical (unpaired) electrons. The summed E-state index contributed by atoms with van der Waals surface area (Å²) < 4.78 is 0.890. The summed E-state index contributed by atoms with van der Waals surface area (Å²) in [5.74, 6) is 0.788. The first-order chi connectivity index (χ1) is 7.65. The number of hydrogen-bond acceptors (Lipinski definition) is 3. The molecule has 0 fully saturated rings. The zero-order valence-corrected chi connectivity index (χ0v) is 11.1. The first-order valence-corrected chi connectivity index (χ1v) is 6.02. The quantitative estimate of drug-likeness (QED) is 0.898. The second kappa shape index (κ2) is 6.48. The van der Waals surface area contributed by atoms with Crippen LogP contribution in [0.15, 0.2) is 22.8 Å². The van der Waals surface area contributed by atoms with E-state index in [0.717, 1.165) is 23.3 Å². The van der Waals surface area contributed by atoms with Crippen molar-refractivity contribution >= 4 is 27.7 Å². The third-order valence-corrected chi connectivity index (χ3v) is 2.67. The highest BCUT2D eigenvalue weighted by molar-refractivity contribution is 9.10. The number of hydrogen-bond donors (Lipinski definition) is 1. The van der Waals surface area contributed by atoms with Crippen molar-refractivity contribution in [3.63, 3.8) is 0 Å². The second-order valence-electron chi connectivity index (χ2n) is 3.51. The van der Waals surface area contributed by atoms with Gasteiger partial charge in [-0.3, -0.25) is 4.79 Å². The number of amides is 1. The molecule has 1 heterocycles. The topological polar surface area (TPSA) is 45.2 Å². The third-order valence-electron chi connectivity index (χ3n) is 2.05. The van der Waals surface area contributed by atoms with E-state index in [1.54, 1.807) is 6.20 Å². The van der Waals surface area contributed by atoms with Gasteiger partial charge in [-0.15, -0.1) is 0 Å². The van der Waals surface area contributed by atoms with Crippen LogP contribution in [0.3, 0.4) is 0 Å². The van der Waals surface area contributed by atoms with Crippen LogP contribution in [0.1, 0.15) is 13.3 Å². The second-order valence-corrected chi connectivity index (χ2v) is 4.37. The van der Waals surface area contributed by atoms with Gasteiger partial charge in [-0.25, -0.2) is 4.98 Å². The van der Waals surface area contributed by atoms with Gasteiger partial charge in [-0.1, -0.05) is 6.92 Å². The summed E-state index contributed by atoms with van der Waals surface area (Å²) in [4.78, 5) is 17.5. The highest BCUT2D eigenvalue weighted by Gasteiger charge is 2.10. The van der Waals surface area contributed by atoms with Gasteiger partial charge >= 0.3 is 0 Å². The number of carbonyl (C=O) groups is 1. The molecule has 1 amide bonds. The fourth-order valence-electron chi connectivity index (χ4n) is 1.27. The predicted octanol–water partition coefficient (Wildman–Crippen LogP) is 1.81. The number of anilines is 1. The Bertz CT molecular complexity index is 357. The Morgan fingerprint density at radius 3 is 3.00 bits per heavy atom. The maximum atomic E-state index is 11.5. The summed E-state index contributed by atoms with van der Waals surface area (Å²) in [6, 6.07) is 3.75. The van der Waals surface area contributed by atoms with Crippen LogP contribution in [-0.4, -0.2) is 31.0 Å². The van der Waals surface area contributed by atoms with Gasteiger partial charge in [-0.05, 0) is 34.5 Å². The molecule has 16 heavy (non-hydrogen) atoms. The largest absolute Gasteiger partial charge is 0.355 e. The SMILES string of the molecule is CCCNC(=O)CN(C)c1ncccc1Br. The lowest BCUT2D eigenvalue weighted by Gasteiger charge is -2.18. The van der Waals surface area contributed by atoms with Crippen LogP contribution in [-0.2, 0) is 4.79 Å². The number of pyridine rings is 1. The molecule has 0 aliphatic rings. The molecular formula is C11H16BrN3O. The molecule has 0 aliphatic carbocycles. The van der Waals surface area contributed by atoms with Crippen molar-refractivity contribution in [3.8, 4) is 0 Å². The maximum Gasteiger partial charge on any atom is 0.239 e. The Labute approximate surface area is 104 Å². The Morgan fingerprint density at radius 1 is 1.62 bits per heavy atom. The Balaban J connectivity index is 2.55. The van der Waals surface area contributed by atoms with E-state index in [-0.39, 0.29) is 5.91 Å². The summed E-state index contributed by atoms with van der Waals surface area (Å²) in [6.45, 7) is 3.06. The van der Waals surface area contributed by atoms with Crippen molar-refractivity contribution in [1.29, 1.82) is 0 Å². The number of nitrogens with one attached hydrogen (secondary N) is 1. The first-order valence-electron chi connectivity index (χ1n) is 5.23. The summed E-state index contributed by atoms with van der Waals surface area (Å²) in [7, 11) is 1.85. The van der Waals surface area contributed by atoms with Crippen molar-refractivity contribution < 1.29 is 4.79 Å². The number of carbonyl (C=O) groups excluding carboxylic acids is 1. The minimum Gasteiger partial charge on any atom is -0.355 e. The van der Waals surface area contributed by atoms with Crippen LogP contribution in [0.2, 0.25) is 0 Å². The van der Waals surface area contributed by atoms with E-state index in [2.05, 4.69) is 26.2 Å². The summed E-state index contributed by atoms with van der Waals surface area (Å²) in [6.07, 6.45) is 2.66. The average Bonchev–Trinajstić information content (AvgIpc) is 2.26. The minimum atomic E-state index is 0.0157. The normalized spacial score (nSPS) is 9.94.